The zero-order chi connectivity index (χ0) is 38.7. The quantitative estimate of drug-likeness (QED) is 0.166. The number of benzene rings is 7. The molecule has 4 aliphatic rings. The van der Waals surface area contributed by atoms with E-state index < -0.39 is 0 Å². The third kappa shape index (κ3) is 5.88. The third-order valence-electron chi connectivity index (χ3n) is 13.4. The van der Waals surface area contributed by atoms with E-state index in [2.05, 4.69) is 179 Å². The lowest BCUT2D eigenvalue weighted by atomic mass is 9.84. The molecule has 0 unspecified atom stereocenters. The fraction of sp³-hybridized carbons (Fsp3) is 0.222. The van der Waals surface area contributed by atoms with Crippen LogP contribution in [0.4, 0.5) is 34.1 Å². The predicted octanol–water partition coefficient (Wildman–Crippen LogP) is 13.8. The van der Waals surface area contributed by atoms with Crippen molar-refractivity contribution in [3.63, 3.8) is 0 Å². The minimum atomic E-state index is 1.11. The van der Waals surface area contributed by atoms with Gasteiger partial charge in [0.1, 0.15) is 0 Å². The summed E-state index contributed by atoms with van der Waals surface area (Å²) in [5.41, 5.74) is 17.7. The molecule has 0 radical (unpaired) electrons. The Morgan fingerprint density at radius 3 is 1.17 bits per heavy atom. The van der Waals surface area contributed by atoms with E-state index in [1.165, 1.54) is 139 Å². The molecule has 0 amide bonds. The molecule has 0 aliphatic carbocycles. The van der Waals surface area contributed by atoms with Gasteiger partial charge in [-0.15, -0.1) is 0 Å². The molecule has 0 bridgehead atoms. The molecule has 4 nitrogen and oxygen atoms in total. The zero-order valence-electron chi connectivity index (χ0n) is 33.7. The van der Waals surface area contributed by atoms with Crippen LogP contribution in [0.25, 0.3) is 68.1 Å². The van der Waals surface area contributed by atoms with Gasteiger partial charge in [-0.25, -0.2) is 0 Å². The molecule has 2 fully saturated rings. The van der Waals surface area contributed by atoms with Crippen LogP contribution in [0, 0.1) is 0 Å². The molecular weight excluding hydrogens is 705 g/mol. The molecule has 11 rings (SSSR count). The monoisotopic (exact) mass is 754 g/mol. The molecule has 0 spiro atoms. The number of rotatable bonds is 4. The average molecular weight is 755 g/mol. The third-order valence-corrected chi connectivity index (χ3v) is 13.4. The van der Waals surface area contributed by atoms with E-state index in [-0.39, 0.29) is 0 Å². The summed E-state index contributed by atoms with van der Waals surface area (Å²) in [4.78, 5) is 9.98. The largest absolute Gasteiger partial charge is 0.372 e. The van der Waals surface area contributed by atoms with Crippen LogP contribution in [0.2, 0.25) is 0 Å². The standard InChI is InChI=1S/C54H50N4/c1-55-49-15-7-5-13-37(49)17-19-39-21-23-41(33-51(39)55)53-45-27-25-44(58-31-11-4-12-32-58)36-48(45)54(46-28-26-43(35-47(46)53)57-29-9-3-10-30-57)42-24-22-40-20-18-38-14-6-8-16-50(38)56(2)52(40)34-42/h5-8,13-28,33-36H,3-4,9-12,29-32H2,1-2H3. The van der Waals surface area contributed by atoms with Gasteiger partial charge in [0.25, 0.3) is 0 Å². The van der Waals surface area contributed by atoms with Crippen molar-refractivity contribution in [3.8, 4) is 22.3 Å². The van der Waals surface area contributed by atoms with E-state index in [4.69, 9.17) is 0 Å². The second kappa shape index (κ2) is 14.3. The summed E-state index contributed by atoms with van der Waals surface area (Å²) < 4.78 is 0. The van der Waals surface area contributed by atoms with Crippen molar-refractivity contribution in [1.29, 1.82) is 0 Å². The molecule has 4 heterocycles. The van der Waals surface area contributed by atoms with Crippen LogP contribution in [0.1, 0.15) is 60.8 Å². The lowest BCUT2D eigenvalue weighted by molar-refractivity contribution is 0.578. The van der Waals surface area contributed by atoms with Crippen LogP contribution >= 0.6 is 0 Å². The first-order valence-corrected chi connectivity index (χ1v) is 21.4. The van der Waals surface area contributed by atoms with Gasteiger partial charge in [-0.2, -0.15) is 0 Å². The van der Waals surface area contributed by atoms with Gasteiger partial charge in [-0.05, 0) is 153 Å². The number of piperidine rings is 2. The molecular formula is C54H50N4. The number of hydrogen-bond acceptors (Lipinski definition) is 4. The molecule has 58 heavy (non-hydrogen) atoms. The summed E-state index contributed by atoms with van der Waals surface area (Å²) in [5.74, 6) is 0. The van der Waals surface area contributed by atoms with E-state index in [0.29, 0.717) is 0 Å². The molecule has 0 N–H and O–H groups in total. The minimum absolute atomic E-state index is 1.11. The van der Waals surface area contributed by atoms with E-state index in [0.717, 1.165) is 26.2 Å². The predicted molar refractivity (Wildman–Crippen MR) is 251 cm³/mol. The van der Waals surface area contributed by atoms with Crippen LogP contribution in [-0.2, 0) is 0 Å². The maximum absolute atomic E-state index is 2.61. The fourth-order valence-electron chi connectivity index (χ4n) is 10.3. The average Bonchev–Trinajstić information content (AvgIpc) is 3.52. The van der Waals surface area contributed by atoms with E-state index >= 15 is 0 Å². The van der Waals surface area contributed by atoms with Crippen molar-refractivity contribution < 1.29 is 0 Å². The highest BCUT2D eigenvalue weighted by Crippen LogP contribution is 2.49. The highest BCUT2D eigenvalue weighted by Gasteiger charge is 2.24. The van der Waals surface area contributed by atoms with Gasteiger partial charge < -0.3 is 19.6 Å². The van der Waals surface area contributed by atoms with Crippen molar-refractivity contribution in [2.24, 2.45) is 0 Å². The molecule has 0 saturated carbocycles. The van der Waals surface area contributed by atoms with Gasteiger partial charge in [-0.1, -0.05) is 97.1 Å². The van der Waals surface area contributed by atoms with Crippen LogP contribution in [-0.4, -0.2) is 40.3 Å². The smallest absolute Gasteiger partial charge is 0.0488 e. The summed E-state index contributed by atoms with van der Waals surface area (Å²) in [7, 11) is 4.44. The molecule has 0 aromatic heterocycles. The molecule has 286 valence electrons. The van der Waals surface area contributed by atoms with E-state index in [1.54, 1.807) is 0 Å². The highest BCUT2D eigenvalue weighted by atomic mass is 15.1. The van der Waals surface area contributed by atoms with Crippen molar-refractivity contribution in [2.45, 2.75) is 38.5 Å². The first kappa shape index (κ1) is 34.9. The number of fused-ring (bicyclic) bond motifs is 6. The Morgan fingerprint density at radius 2 is 0.741 bits per heavy atom. The lowest BCUT2D eigenvalue weighted by Gasteiger charge is -2.31. The maximum Gasteiger partial charge on any atom is 0.0488 e. The summed E-state index contributed by atoms with van der Waals surface area (Å²) >= 11 is 0. The van der Waals surface area contributed by atoms with Gasteiger partial charge in [0, 0.05) is 74.4 Å². The molecule has 4 aliphatic heterocycles. The highest BCUT2D eigenvalue weighted by molar-refractivity contribution is 6.23. The minimum Gasteiger partial charge on any atom is -0.372 e. The Bertz CT molecular complexity index is 2610. The summed E-state index contributed by atoms with van der Waals surface area (Å²) in [5, 5.41) is 5.24. The van der Waals surface area contributed by atoms with Gasteiger partial charge in [0.2, 0.25) is 0 Å². The van der Waals surface area contributed by atoms with Crippen LogP contribution in [0.5, 0.6) is 0 Å². The van der Waals surface area contributed by atoms with Crippen molar-refractivity contribution in [2.75, 3.05) is 59.9 Å². The van der Waals surface area contributed by atoms with Crippen LogP contribution in [0.3, 0.4) is 0 Å². The molecule has 7 aromatic rings. The Kier molecular flexibility index (Phi) is 8.61. The zero-order valence-corrected chi connectivity index (χ0v) is 33.7. The molecule has 7 aromatic carbocycles. The van der Waals surface area contributed by atoms with Crippen molar-refractivity contribution in [1.82, 2.24) is 0 Å². The Balaban J connectivity index is 1.19. The number of hydrogen-bond donors (Lipinski definition) is 0. The topological polar surface area (TPSA) is 13.0 Å². The number of para-hydroxylation sites is 2. The van der Waals surface area contributed by atoms with Gasteiger partial charge in [0.05, 0.1) is 0 Å². The van der Waals surface area contributed by atoms with Gasteiger partial charge >= 0.3 is 0 Å². The molecule has 0 atom stereocenters. The Morgan fingerprint density at radius 1 is 0.345 bits per heavy atom. The second-order valence-electron chi connectivity index (χ2n) is 16.8. The van der Waals surface area contributed by atoms with Crippen molar-refractivity contribution >= 4 is 80.0 Å². The second-order valence-corrected chi connectivity index (χ2v) is 16.8. The van der Waals surface area contributed by atoms with Gasteiger partial charge in [-0.3, -0.25) is 0 Å². The first-order valence-electron chi connectivity index (χ1n) is 21.4. The Hall–Kier alpha value is -6.26. The van der Waals surface area contributed by atoms with Crippen molar-refractivity contribution in [3.05, 3.63) is 144 Å². The van der Waals surface area contributed by atoms with Gasteiger partial charge in [0.15, 0.2) is 0 Å². The maximum atomic E-state index is 2.61. The fourth-order valence-corrected chi connectivity index (χ4v) is 10.3. The number of nitrogens with zero attached hydrogens (tertiary/aromatic N) is 4. The van der Waals surface area contributed by atoms with E-state index in [9.17, 15) is 0 Å². The molecule has 4 heteroatoms. The van der Waals surface area contributed by atoms with Crippen LogP contribution < -0.4 is 19.6 Å². The summed E-state index contributed by atoms with van der Waals surface area (Å²) in [6.45, 7) is 4.45. The molecule has 2 saturated heterocycles. The summed E-state index contributed by atoms with van der Waals surface area (Å²) in [6, 6.07) is 46.5. The van der Waals surface area contributed by atoms with E-state index in [1.807, 2.05) is 0 Å². The first-order chi connectivity index (χ1) is 28.6. The van der Waals surface area contributed by atoms with Crippen LogP contribution in [0.15, 0.2) is 121 Å². The number of anilines is 6. The SMILES string of the molecule is CN1c2ccccc2C=Cc2ccc(-c3c4ccc(N5CCCCC5)cc4c(-c4ccc5c(c4)N(C)c4ccccc4C=C5)c4ccc(N5CCCCC5)cc34)cc21. The Labute approximate surface area is 342 Å². The normalized spacial score (nSPS) is 16.2. The summed E-state index contributed by atoms with van der Waals surface area (Å²) in [6.07, 6.45) is 16.7. The lowest BCUT2D eigenvalue weighted by Crippen LogP contribution is -2.29.